The van der Waals surface area contributed by atoms with Crippen molar-refractivity contribution < 1.29 is 14.3 Å². The molecule has 6 heteroatoms. The third kappa shape index (κ3) is 7.13. The highest BCUT2D eigenvalue weighted by Crippen LogP contribution is 2.07. The van der Waals surface area contributed by atoms with E-state index in [1.54, 1.807) is 32.1 Å². The Morgan fingerprint density at radius 3 is 2.65 bits per heavy atom. The molecule has 0 aliphatic heterocycles. The van der Waals surface area contributed by atoms with Crippen LogP contribution in [0.15, 0.2) is 16.8 Å². The highest BCUT2D eigenvalue weighted by molar-refractivity contribution is 7.07. The summed E-state index contributed by atoms with van der Waals surface area (Å²) in [7, 11) is 0. The Balaban J connectivity index is 2.24. The van der Waals surface area contributed by atoms with Gasteiger partial charge in [-0.2, -0.15) is 11.3 Å². The van der Waals surface area contributed by atoms with Crippen molar-refractivity contribution in [3.63, 3.8) is 0 Å². The van der Waals surface area contributed by atoms with Gasteiger partial charge in [0.25, 0.3) is 0 Å². The molecular formula is C14H22N2O3S. The van der Waals surface area contributed by atoms with Crippen LogP contribution in [0, 0.1) is 0 Å². The largest absolute Gasteiger partial charge is 0.444 e. The molecule has 1 rings (SSSR count). The fourth-order valence-corrected chi connectivity index (χ4v) is 2.14. The van der Waals surface area contributed by atoms with E-state index in [1.807, 2.05) is 23.8 Å². The van der Waals surface area contributed by atoms with E-state index in [0.29, 0.717) is 13.0 Å². The summed E-state index contributed by atoms with van der Waals surface area (Å²) >= 11 is 1.57. The van der Waals surface area contributed by atoms with E-state index in [4.69, 9.17) is 4.74 Å². The Morgan fingerprint density at radius 2 is 2.10 bits per heavy atom. The number of carbonyl (C=O) groups is 2. The number of carbonyl (C=O) groups excluding carboxylic acids is 2. The van der Waals surface area contributed by atoms with Crippen molar-refractivity contribution in [2.75, 3.05) is 6.54 Å². The maximum Gasteiger partial charge on any atom is 0.407 e. The van der Waals surface area contributed by atoms with Gasteiger partial charge in [0.1, 0.15) is 5.60 Å². The molecule has 0 saturated heterocycles. The van der Waals surface area contributed by atoms with Crippen molar-refractivity contribution in [3.8, 4) is 0 Å². The summed E-state index contributed by atoms with van der Waals surface area (Å²) in [6, 6.07) is 1.74. The van der Waals surface area contributed by atoms with Crippen LogP contribution in [-0.2, 0) is 16.0 Å². The molecule has 0 saturated carbocycles. The van der Waals surface area contributed by atoms with Crippen LogP contribution in [0.5, 0.6) is 0 Å². The lowest BCUT2D eigenvalue weighted by atomic mass is 10.2. The molecule has 5 nitrogen and oxygen atoms in total. The summed E-state index contributed by atoms with van der Waals surface area (Å²) in [6.07, 6.45) is -0.111. The first-order valence-electron chi connectivity index (χ1n) is 6.53. The minimum Gasteiger partial charge on any atom is -0.444 e. The van der Waals surface area contributed by atoms with Crippen molar-refractivity contribution in [1.82, 2.24) is 10.6 Å². The maximum atomic E-state index is 11.7. The molecule has 0 unspecified atom stereocenters. The Bertz CT molecular complexity index is 438. The molecule has 2 amide bonds. The molecule has 1 atom stereocenters. The van der Waals surface area contributed by atoms with Gasteiger partial charge in [0.05, 0.1) is 6.42 Å². The van der Waals surface area contributed by atoms with Crippen LogP contribution in [0.2, 0.25) is 0 Å². The molecule has 0 aliphatic rings. The number of rotatable bonds is 5. The average molecular weight is 298 g/mol. The van der Waals surface area contributed by atoms with Crippen molar-refractivity contribution in [2.45, 2.75) is 45.8 Å². The van der Waals surface area contributed by atoms with Crippen molar-refractivity contribution >= 4 is 23.3 Å². The molecule has 1 heterocycles. The van der Waals surface area contributed by atoms with Gasteiger partial charge in [0, 0.05) is 12.6 Å². The van der Waals surface area contributed by atoms with Gasteiger partial charge < -0.3 is 15.4 Å². The third-order valence-corrected chi connectivity index (χ3v) is 3.05. The number of alkyl carbamates (subject to hydrolysis) is 1. The zero-order valence-electron chi connectivity index (χ0n) is 12.4. The summed E-state index contributed by atoms with van der Waals surface area (Å²) in [5, 5.41) is 9.35. The summed E-state index contributed by atoms with van der Waals surface area (Å²) in [4.78, 5) is 23.2. The number of thiophene rings is 1. The van der Waals surface area contributed by atoms with E-state index < -0.39 is 11.7 Å². The standard InChI is InChI=1S/C14H22N2O3S/c1-10(16-13(18)19-14(2,3)4)8-15-12(17)7-11-5-6-20-9-11/h5-6,9-10H,7-8H2,1-4H3,(H,15,17)(H,16,18)/t10-/m1/s1. The van der Waals surface area contributed by atoms with E-state index in [1.165, 1.54) is 0 Å². The van der Waals surface area contributed by atoms with Crippen LogP contribution in [0.4, 0.5) is 4.79 Å². The van der Waals surface area contributed by atoms with Gasteiger partial charge in [0.2, 0.25) is 5.91 Å². The minimum absolute atomic E-state index is 0.0544. The molecule has 0 aromatic carbocycles. The van der Waals surface area contributed by atoms with E-state index in [-0.39, 0.29) is 11.9 Å². The van der Waals surface area contributed by atoms with Crippen molar-refractivity contribution in [3.05, 3.63) is 22.4 Å². The number of nitrogens with one attached hydrogen (secondary N) is 2. The van der Waals surface area contributed by atoms with Gasteiger partial charge in [-0.25, -0.2) is 4.79 Å². The van der Waals surface area contributed by atoms with Crippen molar-refractivity contribution in [1.29, 1.82) is 0 Å². The van der Waals surface area contributed by atoms with Gasteiger partial charge in [-0.05, 0) is 50.1 Å². The molecule has 0 aliphatic carbocycles. The zero-order chi connectivity index (χ0) is 15.2. The molecule has 2 N–H and O–H groups in total. The zero-order valence-corrected chi connectivity index (χ0v) is 13.2. The summed E-state index contributed by atoms with van der Waals surface area (Å²) in [6.45, 7) is 7.61. The van der Waals surface area contributed by atoms with E-state index >= 15 is 0 Å². The number of hydrogen-bond donors (Lipinski definition) is 2. The fraction of sp³-hybridized carbons (Fsp3) is 0.571. The number of amides is 2. The molecule has 0 bridgehead atoms. The Labute approximate surface area is 123 Å². The first-order valence-corrected chi connectivity index (χ1v) is 7.48. The highest BCUT2D eigenvalue weighted by atomic mass is 32.1. The van der Waals surface area contributed by atoms with Gasteiger partial charge in [-0.3, -0.25) is 4.79 Å². The topological polar surface area (TPSA) is 67.4 Å². The predicted molar refractivity (Wildman–Crippen MR) is 79.9 cm³/mol. The Morgan fingerprint density at radius 1 is 1.40 bits per heavy atom. The van der Waals surface area contributed by atoms with Crippen LogP contribution in [0.25, 0.3) is 0 Å². The molecule has 20 heavy (non-hydrogen) atoms. The Kier molecular flexibility index (Phi) is 6.01. The lowest BCUT2D eigenvalue weighted by Crippen LogP contribution is -2.44. The maximum absolute atomic E-state index is 11.7. The van der Waals surface area contributed by atoms with E-state index in [2.05, 4.69) is 10.6 Å². The lowest BCUT2D eigenvalue weighted by molar-refractivity contribution is -0.120. The molecule has 0 radical (unpaired) electrons. The van der Waals surface area contributed by atoms with Crippen LogP contribution in [0.3, 0.4) is 0 Å². The van der Waals surface area contributed by atoms with Crippen LogP contribution < -0.4 is 10.6 Å². The lowest BCUT2D eigenvalue weighted by Gasteiger charge is -2.22. The molecule has 1 aromatic heterocycles. The van der Waals surface area contributed by atoms with Crippen LogP contribution >= 0.6 is 11.3 Å². The second-order valence-corrected chi connectivity index (χ2v) is 6.44. The molecule has 1 aromatic rings. The van der Waals surface area contributed by atoms with Crippen LogP contribution in [-0.4, -0.2) is 30.2 Å². The summed E-state index contributed by atoms with van der Waals surface area (Å²) < 4.78 is 5.14. The summed E-state index contributed by atoms with van der Waals surface area (Å²) in [5.41, 5.74) is 0.478. The third-order valence-electron chi connectivity index (χ3n) is 2.31. The quantitative estimate of drug-likeness (QED) is 0.876. The fourth-order valence-electron chi connectivity index (χ4n) is 1.47. The number of ether oxygens (including phenoxy) is 1. The van der Waals surface area contributed by atoms with Gasteiger partial charge in [-0.1, -0.05) is 0 Å². The second-order valence-electron chi connectivity index (χ2n) is 5.66. The van der Waals surface area contributed by atoms with E-state index in [0.717, 1.165) is 5.56 Å². The number of hydrogen-bond acceptors (Lipinski definition) is 4. The smallest absolute Gasteiger partial charge is 0.407 e. The molecule has 112 valence electrons. The molecule has 0 fully saturated rings. The molecule has 0 spiro atoms. The normalized spacial score (nSPS) is 12.6. The SMILES string of the molecule is C[C@H](CNC(=O)Cc1ccsc1)NC(=O)OC(C)(C)C. The predicted octanol–water partition coefficient (Wildman–Crippen LogP) is 2.32. The Hall–Kier alpha value is -1.56. The van der Waals surface area contributed by atoms with Gasteiger partial charge >= 0.3 is 6.09 Å². The molecular weight excluding hydrogens is 276 g/mol. The van der Waals surface area contributed by atoms with Crippen molar-refractivity contribution in [2.24, 2.45) is 0 Å². The second kappa shape index (κ2) is 7.28. The van der Waals surface area contributed by atoms with Gasteiger partial charge in [-0.15, -0.1) is 0 Å². The van der Waals surface area contributed by atoms with E-state index in [9.17, 15) is 9.59 Å². The minimum atomic E-state index is -0.522. The first kappa shape index (κ1) is 16.5. The average Bonchev–Trinajstić information content (AvgIpc) is 2.76. The highest BCUT2D eigenvalue weighted by Gasteiger charge is 2.17. The first-order chi connectivity index (χ1) is 9.26. The van der Waals surface area contributed by atoms with Crippen LogP contribution in [0.1, 0.15) is 33.3 Å². The van der Waals surface area contributed by atoms with Gasteiger partial charge in [0.15, 0.2) is 0 Å². The monoisotopic (exact) mass is 298 g/mol. The summed E-state index contributed by atoms with van der Waals surface area (Å²) in [5.74, 6) is -0.0544.